The number of carboxylic acid groups (broad SMARTS) is 1. The van der Waals surface area contributed by atoms with E-state index in [1.54, 1.807) is 0 Å². The van der Waals surface area contributed by atoms with E-state index in [1.165, 1.54) is 0 Å². The third-order valence-electron chi connectivity index (χ3n) is 1.76. The minimum atomic E-state index is -1.08. The van der Waals surface area contributed by atoms with Crippen LogP contribution in [0.15, 0.2) is 0 Å². The van der Waals surface area contributed by atoms with E-state index in [9.17, 15) is 14.4 Å². The van der Waals surface area contributed by atoms with E-state index in [4.69, 9.17) is 5.11 Å². The van der Waals surface area contributed by atoms with Crippen LogP contribution in [0.4, 0.5) is 0 Å². The molecule has 86 valence electrons. The molecule has 0 radical (unpaired) electrons. The number of aliphatic carboxylic acids is 1. The lowest BCUT2D eigenvalue weighted by Crippen LogP contribution is -2.13. The second-order valence-electron chi connectivity index (χ2n) is 3.20. The molecule has 15 heavy (non-hydrogen) atoms. The molecule has 0 aromatic rings. The van der Waals surface area contributed by atoms with E-state index in [0.717, 1.165) is 12.8 Å². The number of hydrogen-bond acceptors (Lipinski definition) is 4. The monoisotopic (exact) mass is 216 g/mol. The molecule has 0 saturated carbocycles. The maximum atomic E-state index is 11.0. The molecular weight excluding hydrogens is 200 g/mol. The van der Waals surface area contributed by atoms with Gasteiger partial charge in [0.1, 0.15) is 0 Å². The van der Waals surface area contributed by atoms with Crippen molar-refractivity contribution in [3.05, 3.63) is 0 Å². The molecule has 0 atom stereocenters. The summed E-state index contributed by atoms with van der Waals surface area (Å²) in [4.78, 5) is 32.0. The summed E-state index contributed by atoms with van der Waals surface area (Å²) in [5.74, 6) is -2.41. The minimum Gasteiger partial charge on any atom is -0.481 e. The summed E-state index contributed by atoms with van der Waals surface area (Å²) < 4.78 is 4.41. The van der Waals surface area contributed by atoms with Crippen LogP contribution in [0.2, 0.25) is 0 Å². The van der Waals surface area contributed by atoms with Crippen molar-refractivity contribution in [3.8, 4) is 0 Å². The molecule has 0 amide bonds. The molecule has 0 spiro atoms. The smallest absolute Gasteiger partial charge is 0.314 e. The van der Waals surface area contributed by atoms with E-state index in [-0.39, 0.29) is 19.3 Å². The van der Waals surface area contributed by atoms with Gasteiger partial charge in [-0.1, -0.05) is 19.8 Å². The Balaban J connectivity index is 3.58. The SMILES string of the molecule is CCCCCC(=O)OC(=O)CCC(=O)O. The third kappa shape index (κ3) is 8.93. The average molecular weight is 216 g/mol. The molecule has 0 fully saturated rings. The van der Waals surface area contributed by atoms with Crippen molar-refractivity contribution in [2.45, 2.75) is 45.4 Å². The Morgan fingerprint density at radius 2 is 1.60 bits per heavy atom. The first-order chi connectivity index (χ1) is 7.06. The first kappa shape index (κ1) is 13.6. The van der Waals surface area contributed by atoms with Crippen molar-refractivity contribution >= 4 is 17.9 Å². The van der Waals surface area contributed by atoms with Crippen molar-refractivity contribution in [2.75, 3.05) is 0 Å². The topological polar surface area (TPSA) is 80.7 Å². The predicted octanol–water partition coefficient (Wildman–Crippen LogP) is 1.50. The summed E-state index contributed by atoms with van der Waals surface area (Å²) in [5, 5.41) is 8.28. The molecule has 0 aromatic carbocycles. The van der Waals surface area contributed by atoms with Crippen LogP contribution in [0, 0.1) is 0 Å². The fraction of sp³-hybridized carbons (Fsp3) is 0.700. The summed E-state index contributed by atoms with van der Waals surface area (Å²) in [6.45, 7) is 2.00. The van der Waals surface area contributed by atoms with Gasteiger partial charge in [-0.25, -0.2) is 0 Å². The number of hydrogen-bond donors (Lipinski definition) is 1. The summed E-state index contributed by atoms with van der Waals surface area (Å²) in [6.07, 6.45) is 2.25. The highest BCUT2D eigenvalue weighted by atomic mass is 16.6. The lowest BCUT2D eigenvalue weighted by Gasteiger charge is -2.01. The lowest BCUT2D eigenvalue weighted by molar-refractivity contribution is -0.161. The van der Waals surface area contributed by atoms with Crippen LogP contribution in [0.25, 0.3) is 0 Å². The summed E-state index contributed by atoms with van der Waals surface area (Å²) in [6, 6.07) is 0. The minimum absolute atomic E-state index is 0.215. The first-order valence-electron chi connectivity index (χ1n) is 5.01. The maximum absolute atomic E-state index is 11.0. The normalized spacial score (nSPS) is 9.67. The molecule has 0 unspecified atom stereocenters. The average Bonchev–Trinajstić information content (AvgIpc) is 2.15. The molecule has 0 aliphatic carbocycles. The van der Waals surface area contributed by atoms with Gasteiger partial charge in [0.2, 0.25) is 0 Å². The molecule has 0 bridgehead atoms. The third-order valence-corrected chi connectivity index (χ3v) is 1.76. The number of unbranched alkanes of at least 4 members (excludes halogenated alkanes) is 2. The Morgan fingerprint density at radius 3 is 2.13 bits per heavy atom. The fourth-order valence-electron chi connectivity index (χ4n) is 0.957. The Hall–Kier alpha value is -1.39. The molecule has 5 nitrogen and oxygen atoms in total. The highest BCUT2D eigenvalue weighted by molar-refractivity contribution is 5.86. The summed E-state index contributed by atoms with van der Waals surface area (Å²) >= 11 is 0. The molecule has 0 heterocycles. The number of carbonyl (C=O) groups excluding carboxylic acids is 2. The van der Waals surface area contributed by atoms with Gasteiger partial charge in [0.15, 0.2) is 0 Å². The Kier molecular flexibility index (Phi) is 7.23. The molecule has 1 N–H and O–H groups in total. The number of carbonyl (C=O) groups is 3. The zero-order chi connectivity index (χ0) is 11.7. The first-order valence-corrected chi connectivity index (χ1v) is 5.01. The molecule has 0 aliphatic heterocycles. The van der Waals surface area contributed by atoms with E-state index >= 15 is 0 Å². The molecular formula is C10H16O5. The lowest BCUT2D eigenvalue weighted by atomic mass is 10.2. The van der Waals surface area contributed by atoms with Crippen molar-refractivity contribution < 1.29 is 24.2 Å². The van der Waals surface area contributed by atoms with Gasteiger partial charge >= 0.3 is 17.9 Å². The van der Waals surface area contributed by atoms with Crippen molar-refractivity contribution in [1.82, 2.24) is 0 Å². The molecule has 0 rings (SSSR count). The van der Waals surface area contributed by atoms with Crippen LogP contribution < -0.4 is 0 Å². The number of esters is 2. The molecule has 0 aromatic heterocycles. The van der Waals surface area contributed by atoms with E-state index < -0.39 is 17.9 Å². The fourth-order valence-corrected chi connectivity index (χ4v) is 0.957. The van der Waals surface area contributed by atoms with Gasteiger partial charge < -0.3 is 9.84 Å². The van der Waals surface area contributed by atoms with Crippen LogP contribution in [0.1, 0.15) is 45.4 Å². The van der Waals surface area contributed by atoms with Crippen LogP contribution >= 0.6 is 0 Å². The van der Waals surface area contributed by atoms with Crippen molar-refractivity contribution in [2.24, 2.45) is 0 Å². The Bertz CT molecular complexity index is 234. The number of rotatable bonds is 7. The highest BCUT2D eigenvalue weighted by Crippen LogP contribution is 2.02. The van der Waals surface area contributed by atoms with E-state index in [0.29, 0.717) is 6.42 Å². The second-order valence-corrected chi connectivity index (χ2v) is 3.20. The predicted molar refractivity (Wildman–Crippen MR) is 52.1 cm³/mol. The van der Waals surface area contributed by atoms with Gasteiger partial charge in [-0.05, 0) is 6.42 Å². The molecule has 0 aliphatic rings. The van der Waals surface area contributed by atoms with Gasteiger partial charge in [-0.2, -0.15) is 0 Å². The van der Waals surface area contributed by atoms with Crippen molar-refractivity contribution in [3.63, 3.8) is 0 Å². The zero-order valence-corrected chi connectivity index (χ0v) is 8.82. The quantitative estimate of drug-likeness (QED) is 0.396. The standard InChI is InChI=1S/C10H16O5/c1-2-3-4-5-9(13)15-10(14)7-6-8(11)12/h2-7H2,1H3,(H,11,12). The van der Waals surface area contributed by atoms with Gasteiger partial charge in [0.05, 0.1) is 12.8 Å². The summed E-state index contributed by atoms with van der Waals surface area (Å²) in [7, 11) is 0. The summed E-state index contributed by atoms with van der Waals surface area (Å²) in [5.41, 5.74) is 0. The van der Waals surface area contributed by atoms with Gasteiger partial charge in [-0.3, -0.25) is 14.4 Å². The largest absolute Gasteiger partial charge is 0.481 e. The van der Waals surface area contributed by atoms with Gasteiger partial charge in [0, 0.05) is 6.42 Å². The second kappa shape index (κ2) is 7.96. The van der Waals surface area contributed by atoms with E-state index in [1.807, 2.05) is 6.92 Å². The van der Waals surface area contributed by atoms with Gasteiger partial charge in [-0.15, -0.1) is 0 Å². The van der Waals surface area contributed by atoms with Crippen LogP contribution in [-0.4, -0.2) is 23.0 Å². The number of ether oxygens (including phenoxy) is 1. The maximum Gasteiger partial charge on any atom is 0.314 e. The molecule has 5 heteroatoms. The van der Waals surface area contributed by atoms with Crippen molar-refractivity contribution in [1.29, 1.82) is 0 Å². The van der Waals surface area contributed by atoms with Crippen LogP contribution in [0.5, 0.6) is 0 Å². The van der Waals surface area contributed by atoms with Crippen LogP contribution in [-0.2, 0) is 19.1 Å². The Labute approximate surface area is 88.4 Å². The van der Waals surface area contributed by atoms with Crippen LogP contribution in [0.3, 0.4) is 0 Å². The number of carboxylic acids is 1. The molecule has 0 saturated heterocycles. The van der Waals surface area contributed by atoms with E-state index in [2.05, 4.69) is 4.74 Å². The Morgan fingerprint density at radius 1 is 1.00 bits per heavy atom. The zero-order valence-electron chi connectivity index (χ0n) is 8.82. The van der Waals surface area contributed by atoms with Gasteiger partial charge in [0.25, 0.3) is 0 Å². The highest BCUT2D eigenvalue weighted by Gasteiger charge is 2.11.